The Kier molecular flexibility index (Phi) is 10.0. The van der Waals surface area contributed by atoms with Gasteiger partial charge in [0.15, 0.2) is 0 Å². The van der Waals surface area contributed by atoms with Crippen LogP contribution in [0.5, 0.6) is 0 Å². The van der Waals surface area contributed by atoms with E-state index in [0.29, 0.717) is 26.1 Å². The molecule has 0 atom stereocenters. The number of hydrogen-bond acceptors (Lipinski definition) is 3. The molecule has 0 aromatic heterocycles. The van der Waals surface area contributed by atoms with Gasteiger partial charge in [0.05, 0.1) is 6.61 Å². The molecular formula is C12H24N2O4. The molecule has 0 fully saturated rings. The van der Waals surface area contributed by atoms with E-state index in [1.807, 2.05) is 6.92 Å². The molecule has 18 heavy (non-hydrogen) atoms. The van der Waals surface area contributed by atoms with E-state index in [0.717, 1.165) is 19.3 Å². The molecule has 0 saturated heterocycles. The summed E-state index contributed by atoms with van der Waals surface area (Å²) in [5, 5.41) is 20.0. The zero-order valence-electron chi connectivity index (χ0n) is 11.0. The van der Waals surface area contributed by atoms with E-state index in [1.165, 1.54) is 0 Å². The molecule has 0 aromatic rings. The lowest BCUT2D eigenvalue weighted by molar-refractivity contribution is -0.137. The van der Waals surface area contributed by atoms with Crippen LogP contribution in [0.25, 0.3) is 0 Å². The van der Waals surface area contributed by atoms with Gasteiger partial charge in [-0.15, -0.1) is 0 Å². The Morgan fingerprint density at radius 1 is 1.17 bits per heavy atom. The summed E-state index contributed by atoms with van der Waals surface area (Å²) in [4.78, 5) is 23.4. The third-order valence-electron chi connectivity index (χ3n) is 2.63. The fourth-order valence-corrected chi connectivity index (χ4v) is 1.59. The molecule has 0 saturated carbocycles. The van der Waals surface area contributed by atoms with Crippen LogP contribution in [0.1, 0.15) is 39.0 Å². The zero-order valence-corrected chi connectivity index (χ0v) is 11.0. The maximum atomic E-state index is 11.6. The normalized spacial score (nSPS) is 10.1. The lowest BCUT2D eigenvalue weighted by Gasteiger charge is -2.20. The number of unbranched alkanes of at least 4 members (excludes halogenated alkanes) is 3. The first-order chi connectivity index (χ1) is 8.61. The molecule has 0 aliphatic heterocycles. The van der Waals surface area contributed by atoms with E-state index >= 15 is 0 Å². The van der Waals surface area contributed by atoms with Gasteiger partial charge in [0.25, 0.3) is 0 Å². The predicted octanol–water partition coefficient (Wildman–Crippen LogP) is 1.05. The number of likely N-dealkylation sites (N-methyl/N-ethyl adjacent to an activating group) is 1. The van der Waals surface area contributed by atoms with Gasteiger partial charge in [-0.1, -0.05) is 12.8 Å². The molecular weight excluding hydrogens is 236 g/mol. The molecule has 3 N–H and O–H groups in total. The third kappa shape index (κ3) is 8.81. The van der Waals surface area contributed by atoms with Crippen LogP contribution in [0.2, 0.25) is 0 Å². The number of amides is 2. The first-order valence-corrected chi connectivity index (χ1v) is 6.47. The number of carbonyl (C=O) groups is 2. The predicted molar refractivity (Wildman–Crippen MR) is 68.5 cm³/mol. The number of aliphatic hydroxyl groups excluding tert-OH is 1. The van der Waals surface area contributed by atoms with Gasteiger partial charge in [0.1, 0.15) is 0 Å². The van der Waals surface area contributed by atoms with Gasteiger partial charge in [-0.05, 0) is 19.8 Å². The monoisotopic (exact) mass is 260 g/mol. The molecule has 2 amide bonds. The first kappa shape index (κ1) is 16.7. The van der Waals surface area contributed by atoms with Crippen LogP contribution in [-0.2, 0) is 4.79 Å². The highest BCUT2D eigenvalue weighted by Gasteiger charge is 2.08. The van der Waals surface area contributed by atoms with E-state index < -0.39 is 5.97 Å². The Morgan fingerprint density at radius 3 is 2.39 bits per heavy atom. The van der Waals surface area contributed by atoms with E-state index in [-0.39, 0.29) is 19.1 Å². The number of rotatable bonds is 10. The quantitative estimate of drug-likeness (QED) is 0.512. The summed E-state index contributed by atoms with van der Waals surface area (Å²) < 4.78 is 0. The molecule has 0 rings (SSSR count). The summed E-state index contributed by atoms with van der Waals surface area (Å²) in [5.74, 6) is -0.758. The number of carbonyl (C=O) groups excluding carboxylic acids is 1. The number of nitrogens with one attached hydrogen (secondary N) is 1. The smallest absolute Gasteiger partial charge is 0.317 e. The second-order valence-corrected chi connectivity index (χ2v) is 4.09. The third-order valence-corrected chi connectivity index (χ3v) is 2.63. The SMILES string of the molecule is CCN(CCO)C(=O)NCCCCCCC(=O)O. The van der Waals surface area contributed by atoms with Crippen LogP contribution >= 0.6 is 0 Å². The van der Waals surface area contributed by atoms with Gasteiger partial charge in [-0.2, -0.15) is 0 Å². The average Bonchev–Trinajstić information content (AvgIpc) is 2.34. The topological polar surface area (TPSA) is 89.9 Å². The molecule has 0 spiro atoms. The number of aliphatic hydroxyl groups is 1. The molecule has 0 aliphatic rings. The van der Waals surface area contributed by atoms with E-state index in [1.54, 1.807) is 4.90 Å². The van der Waals surface area contributed by atoms with Crippen LogP contribution in [0.3, 0.4) is 0 Å². The summed E-state index contributed by atoms with van der Waals surface area (Å²) >= 11 is 0. The Balaban J connectivity index is 3.47. The summed E-state index contributed by atoms with van der Waals surface area (Å²) in [7, 11) is 0. The average molecular weight is 260 g/mol. The number of aliphatic carboxylic acids is 1. The first-order valence-electron chi connectivity index (χ1n) is 6.47. The van der Waals surface area contributed by atoms with Gasteiger partial charge >= 0.3 is 12.0 Å². The minimum atomic E-state index is -0.758. The van der Waals surface area contributed by atoms with Crippen molar-refractivity contribution < 1.29 is 19.8 Å². The highest BCUT2D eigenvalue weighted by atomic mass is 16.4. The zero-order chi connectivity index (χ0) is 13.8. The second kappa shape index (κ2) is 10.8. The van der Waals surface area contributed by atoms with Crippen molar-refractivity contribution >= 4 is 12.0 Å². The van der Waals surface area contributed by atoms with Crippen molar-refractivity contribution in [1.29, 1.82) is 0 Å². The largest absolute Gasteiger partial charge is 0.481 e. The summed E-state index contributed by atoms with van der Waals surface area (Å²) in [5.41, 5.74) is 0. The molecule has 6 nitrogen and oxygen atoms in total. The van der Waals surface area contributed by atoms with Gasteiger partial charge in [-0.3, -0.25) is 4.79 Å². The highest BCUT2D eigenvalue weighted by Crippen LogP contribution is 2.02. The number of hydrogen-bond donors (Lipinski definition) is 3. The molecule has 106 valence electrons. The summed E-state index contributed by atoms with van der Waals surface area (Å²) in [6, 6.07) is -0.155. The van der Waals surface area contributed by atoms with E-state index in [4.69, 9.17) is 10.2 Å². The lowest BCUT2D eigenvalue weighted by Crippen LogP contribution is -2.41. The Hall–Kier alpha value is -1.30. The molecule has 0 aromatic carbocycles. The van der Waals surface area contributed by atoms with Gasteiger partial charge in [0, 0.05) is 26.1 Å². The Labute approximate surface area is 108 Å². The number of nitrogens with zero attached hydrogens (tertiary/aromatic N) is 1. The van der Waals surface area contributed by atoms with Crippen molar-refractivity contribution in [2.45, 2.75) is 39.0 Å². The van der Waals surface area contributed by atoms with Crippen molar-refractivity contribution in [1.82, 2.24) is 10.2 Å². The van der Waals surface area contributed by atoms with Crippen molar-refractivity contribution in [3.63, 3.8) is 0 Å². The lowest BCUT2D eigenvalue weighted by atomic mass is 10.1. The number of carboxylic acids is 1. The van der Waals surface area contributed by atoms with Crippen molar-refractivity contribution in [2.75, 3.05) is 26.2 Å². The maximum Gasteiger partial charge on any atom is 0.317 e. The van der Waals surface area contributed by atoms with E-state index in [9.17, 15) is 9.59 Å². The summed E-state index contributed by atoms with van der Waals surface area (Å²) in [6.07, 6.45) is 3.54. The van der Waals surface area contributed by atoms with Crippen LogP contribution < -0.4 is 5.32 Å². The van der Waals surface area contributed by atoms with Crippen LogP contribution in [0.15, 0.2) is 0 Å². The molecule has 0 heterocycles. The van der Waals surface area contributed by atoms with Crippen LogP contribution in [0.4, 0.5) is 4.79 Å². The molecule has 0 aliphatic carbocycles. The van der Waals surface area contributed by atoms with Crippen molar-refractivity contribution in [3.8, 4) is 0 Å². The van der Waals surface area contributed by atoms with Gasteiger partial charge in [-0.25, -0.2) is 4.79 Å². The van der Waals surface area contributed by atoms with Crippen LogP contribution in [-0.4, -0.2) is 53.4 Å². The second-order valence-electron chi connectivity index (χ2n) is 4.09. The van der Waals surface area contributed by atoms with Crippen molar-refractivity contribution in [2.24, 2.45) is 0 Å². The highest BCUT2D eigenvalue weighted by molar-refractivity contribution is 5.74. The van der Waals surface area contributed by atoms with E-state index in [2.05, 4.69) is 5.32 Å². The van der Waals surface area contributed by atoms with Crippen molar-refractivity contribution in [3.05, 3.63) is 0 Å². The molecule has 6 heteroatoms. The maximum absolute atomic E-state index is 11.6. The standard InChI is InChI=1S/C12H24N2O4/c1-2-14(9-10-15)12(18)13-8-6-4-3-5-7-11(16)17/h15H,2-10H2,1H3,(H,13,18)(H,16,17). The molecule has 0 bridgehead atoms. The Bertz CT molecular complexity index is 246. The Morgan fingerprint density at radius 2 is 1.83 bits per heavy atom. The fourth-order valence-electron chi connectivity index (χ4n) is 1.59. The van der Waals surface area contributed by atoms with Crippen LogP contribution in [0, 0.1) is 0 Å². The fraction of sp³-hybridized carbons (Fsp3) is 0.833. The molecule has 0 unspecified atom stereocenters. The number of urea groups is 1. The minimum Gasteiger partial charge on any atom is -0.481 e. The van der Waals surface area contributed by atoms with Gasteiger partial charge in [0.2, 0.25) is 0 Å². The molecule has 0 radical (unpaired) electrons. The number of carboxylic acid groups (broad SMARTS) is 1. The summed E-state index contributed by atoms with van der Waals surface area (Å²) in [6.45, 7) is 3.34. The van der Waals surface area contributed by atoms with Gasteiger partial charge < -0.3 is 20.4 Å². The minimum absolute atomic E-state index is 0.0313.